The van der Waals surface area contributed by atoms with E-state index in [4.69, 9.17) is 0 Å². The Balaban J connectivity index is 1.95. The second kappa shape index (κ2) is 4.38. The van der Waals surface area contributed by atoms with Crippen LogP contribution in [-0.2, 0) is 12.8 Å². The predicted octanol–water partition coefficient (Wildman–Crippen LogP) is 3.24. The van der Waals surface area contributed by atoms with Gasteiger partial charge in [-0.05, 0) is 48.4 Å². The van der Waals surface area contributed by atoms with Crippen molar-refractivity contribution in [1.82, 2.24) is 4.98 Å². The van der Waals surface area contributed by atoms with Crippen molar-refractivity contribution in [3.8, 4) is 0 Å². The van der Waals surface area contributed by atoms with Crippen LogP contribution in [0.4, 0.5) is 0 Å². The molecule has 14 heavy (non-hydrogen) atoms. The molecule has 0 spiro atoms. The Bertz CT molecular complexity index is 392. The second-order valence-corrected chi connectivity index (χ2v) is 4.54. The van der Waals surface area contributed by atoms with Crippen LogP contribution in [0.25, 0.3) is 0 Å². The quantitative estimate of drug-likeness (QED) is 0.746. The molecule has 0 radical (unpaired) electrons. The summed E-state index contributed by atoms with van der Waals surface area (Å²) >= 11 is 1.82. The molecule has 0 saturated carbocycles. The van der Waals surface area contributed by atoms with E-state index in [0.717, 1.165) is 12.8 Å². The summed E-state index contributed by atoms with van der Waals surface area (Å²) in [6.07, 6.45) is 5.97. The first-order valence-corrected chi connectivity index (χ1v) is 5.65. The Kier molecular flexibility index (Phi) is 2.94. The lowest BCUT2D eigenvalue weighted by Gasteiger charge is -1.97. The predicted molar refractivity (Wildman–Crippen MR) is 60.7 cm³/mol. The molecule has 0 saturated heterocycles. The zero-order valence-electron chi connectivity index (χ0n) is 8.23. The van der Waals surface area contributed by atoms with Crippen molar-refractivity contribution in [2.75, 3.05) is 0 Å². The molecule has 0 fully saturated rings. The molecular weight excluding hydrogens is 190 g/mol. The van der Waals surface area contributed by atoms with Gasteiger partial charge in [-0.1, -0.05) is 6.07 Å². The summed E-state index contributed by atoms with van der Waals surface area (Å²) in [4.78, 5) is 5.50. The van der Waals surface area contributed by atoms with Gasteiger partial charge in [0.1, 0.15) is 0 Å². The molecule has 0 aliphatic carbocycles. The highest BCUT2D eigenvalue weighted by molar-refractivity contribution is 7.10. The van der Waals surface area contributed by atoms with E-state index in [1.54, 1.807) is 0 Å². The first-order chi connectivity index (χ1) is 6.84. The molecule has 2 aromatic heterocycles. The van der Waals surface area contributed by atoms with Crippen LogP contribution in [-0.4, -0.2) is 4.98 Å². The van der Waals surface area contributed by atoms with Crippen molar-refractivity contribution in [2.24, 2.45) is 0 Å². The SMILES string of the molecule is Cc1cc(CCc2cccnc2)cs1. The number of aryl methyl sites for hydroxylation is 3. The number of hydrogen-bond donors (Lipinski definition) is 0. The highest BCUT2D eigenvalue weighted by Crippen LogP contribution is 2.15. The minimum absolute atomic E-state index is 1.09. The number of thiophene rings is 1. The summed E-state index contributed by atoms with van der Waals surface area (Å²) < 4.78 is 0. The standard InChI is InChI=1S/C12H13NS/c1-10-7-12(9-14-10)5-4-11-3-2-6-13-8-11/h2-3,6-9H,4-5H2,1H3. The molecule has 0 bridgehead atoms. The molecule has 2 heterocycles. The zero-order chi connectivity index (χ0) is 9.80. The van der Waals surface area contributed by atoms with Gasteiger partial charge in [0, 0.05) is 17.3 Å². The van der Waals surface area contributed by atoms with Crippen molar-refractivity contribution in [3.05, 3.63) is 52.0 Å². The van der Waals surface area contributed by atoms with E-state index in [1.807, 2.05) is 29.8 Å². The van der Waals surface area contributed by atoms with E-state index in [0.29, 0.717) is 0 Å². The fraction of sp³-hybridized carbons (Fsp3) is 0.250. The minimum Gasteiger partial charge on any atom is -0.264 e. The molecule has 72 valence electrons. The van der Waals surface area contributed by atoms with Gasteiger partial charge < -0.3 is 0 Å². The number of hydrogen-bond acceptors (Lipinski definition) is 2. The first kappa shape index (κ1) is 9.41. The summed E-state index contributed by atoms with van der Waals surface area (Å²) in [6.45, 7) is 2.15. The van der Waals surface area contributed by atoms with E-state index in [1.165, 1.54) is 16.0 Å². The Morgan fingerprint density at radius 1 is 1.29 bits per heavy atom. The molecule has 0 aliphatic heterocycles. The van der Waals surface area contributed by atoms with Crippen molar-refractivity contribution < 1.29 is 0 Å². The fourth-order valence-electron chi connectivity index (χ4n) is 1.46. The van der Waals surface area contributed by atoms with E-state index in [2.05, 4.69) is 29.4 Å². The molecule has 0 atom stereocenters. The molecule has 0 amide bonds. The Labute approximate surface area is 88.4 Å². The lowest BCUT2D eigenvalue weighted by molar-refractivity contribution is 0.954. The number of pyridine rings is 1. The lowest BCUT2D eigenvalue weighted by Crippen LogP contribution is -1.89. The maximum atomic E-state index is 4.10. The molecule has 2 heteroatoms. The zero-order valence-corrected chi connectivity index (χ0v) is 9.05. The molecule has 0 unspecified atom stereocenters. The second-order valence-electron chi connectivity index (χ2n) is 3.43. The summed E-state index contributed by atoms with van der Waals surface area (Å²) in [5, 5.41) is 2.24. The van der Waals surface area contributed by atoms with Crippen LogP contribution in [0, 0.1) is 6.92 Å². The molecule has 1 nitrogen and oxygen atoms in total. The third-order valence-corrected chi connectivity index (χ3v) is 3.12. The molecule has 2 aromatic rings. The van der Waals surface area contributed by atoms with E-state index in [9.17, 15) is 0 Å². The van der Waals surface area contributed by atoms with Crippen LogP contribution >= 0.6 is 11.3 Å². The number of rotatable bonds is 3. The van der Waals surface area contributed by atoms with Gasteiger partial charge in [-0.3, -0.25) is 4.98 Å². The average Bonchev–Trinajstić information content (AvgIpc) is 2.63. The molecule has 0 N–H and O–H groups in total. The largest absolute Gasteiger partial charge is 0.264 e. The summed E-state index contributed by atoms with van der Waals surface area (Å²) in [6, 6.07) is 6.39. The maximum absolute atomic E-state index is 4.10. The highest BCUT2D eigenvalue weighted by Gasteiger charge is 1.97. The molecule has 0 aliphatic rings. The van der Waals surface area contributed by atoms with Gasteiger partial charge in [0.15, 0.2) is 0 Å². The van der Waals surface area contributed by atoms with Crippen molar-refractivity contribution in [1.29, 1.82) is 0 Å². The third kappa shape index (κ3) is 2.42. The molecule has 2 rings (SSSR count). The Hall–Kier alpha value is -1.15. The van der Waals surface area contributed by atoms with E-state index in [-0.39, 0.29) is 0 Å². The van der Waals surface area contributed by atoms with Crippen LogP contribution in [0.5, 0.6) is 0 Å². The van der Waals surface area contributed by atoms with Crippen LogP contribution in [0.2, 0.25) is 0 Å². The van der Waals surface area contributed by atoms with Gasteiger partial charge in [0.2, 0.25) is 0 Å². The summed E-state index contributed by atoms with van der Waals surface area (Å²) in [5.41, 5.74) is 2.76. The third-order valence-electron chi connectivity index (χ3n) is 2.21. The van der Waals surface area contributed by atoms with Crippen LogP contribution in [0.15, 0.2) is 36.0 Å². The Morgan fingerprint density at radius 2 is 2.14 bits per heavy atom. The van der Waals surface area contributed by atoms with Gasteiger partial charge in [-0.15, -0.1) is 11.3 Å². The van der Waals surface area contributed by atoms with Gasteiger partial charge in [-0.25, -0.2) is 0 Å². The van der Waals surface area contributed by atoms with E-state index < -0.39 is 0 Å². The van der Waals surface area contributed by atoms with Gasteiger partial charge >= 0.3 is 0 Å². The normalized spacial score (nSPS) is 10.4. The lowest BCUT2D eigenvalue weighted by atomic mass is 10.1. The van der Waals surface area contributed by atoms with Crippen molar-refractivity contribution >= 4 is 11.3 Å². The fourth-order valence-corrected chi connectivity index (χ4v) is 2.21. The van der Waals surface area contributed by atoms with Gasteiger partial charge in [0.05, 0.1) is 0 Å². The van der Waals surface area contributed by atoms with E-state index >= 15 is 0 Å². The topological polar surface area (TPSA) is 12.9 Å². The molecule has 0 aromatic carbocycles. The monoisotopic (exact) mass is 203 g/mol. The summed E-state index contributed by atoms with van der Waals surface area (Å²) in [7, 11) is 0. The first-order valence-electron chi connectivity index (χ1n) is 4.77. The number of nitrogens with zero attached hydrogens (tertiary/aromatic N) is 1. The maximum Gasteiger partial charge on any atom is 0.0299 e. The number of aromatic nitrogens is 1. The van der Waals surface area contributed by atoms with Crippen LogP contribution in [0.1, 0.15) is 16.0 Å². The smallest absolute Gasteiger partial charge is 0.0299 e. The Morgan fingerprint density at radius 3 is 2.79 bits per heavy atom. The van der Waals surface area contributed by atoms with Gasteiger partial charge in [0.25, 0.3) is 0 Å². The highest BCUT2D eigenvalue weighted by atomic mass is 32.1. The minimum atomic E-state index is 1.09. The molecular formula is C12H13NS. The van der Waals surface area contributed by atoms with Crippen molar-refractivity contribution in [3.63, 3.8) is 0 Å². The van der Waals surface area contributed by atoms with Crippen LogP contribution < -0.4 is 0 Å². The average molecular weight is 203 g/mol. The van der Waals surface area contributed by atoms with Crippen molar-refractivity contribution in [2.45, 2.75) is 19.8 Å². The van der Waals surface area contributed by atoms with Crippen LogP contribution in [0.3, 0.4) is 0 Å². The summed E-state index contributed by atoms with van der Waals surface area (Å²) in [5.74, 6) is 0. The van der Waals surface area contributed by atoms with Gasteiger partial charge in [-0.2, -0.15) is 0 Å².